The maximum atomic E-state index is 11.4. The van der Waals surface area contributed by atoms with Crippen molar-refractivity contribution in [1.29, 1.82) is 0 Å². The Morgan fingerprint density at radius 1 is 1.62 bits per heavy atom. The Hall–Kier alpha value is -0.0551. The zero-order valence-electron chi connectivity index (χ0n) is 8.29. The summed E-state index contributed by atoms with van der Waals surface area (Å²) in [5.41, 5.74) is -1.39. The average molecular weight is 266 g/mol. The van der Waals surface area contributed by atoms with E-state index in [1.54, 1.807) is 7.85 Å². The summed E-state index contributed by atoms with van der Waals surface area (Å²) in [4.78, 5) is 9.29. The van der Waals surface area contributed by atoms with E-state index in [9.17, 15) is 9.46 Å². The van der Waals surface area contributed by atoms with Gasteiger partial charge in [0.05, 0.1) is 12.6 Å². The van der Waals surface area contributed by atoms with Crippen molar-refractivity contribution in [3.05, 3.63) is 0 Å². The molecule has 0 radical (unpaired) electrons. The Morgan fingerprint density at radius 3 is 2.88 bits per heavy atom. The summed E-state index contributed by atoms with van der Waals surface area (Å²) in [6, 6.07) is -0.621. The molecule has 0 aromatic rings. The molecule has 0 bridgehead atoms. The molecular weight excluding hydrogens is 257 g/mol. The van der Waals surface area contributed by atoms with Crippen molar-refractivity contribution in [1.82, 2.24) is 0 Å². The van der Waals surface area contributed by atoms with Gasteiger partial charge in [-0.3, -0.25) is 9.05 Å². The Kier molecular flexibility index (Phi) is 3.10. The Morgan fingerprint density at radius 2 is 2.31 bits per heavy atom. The fraction of sp³-hybridized carbons (Fsp3) is 0.714. The van der Waals surface area contributed by atoms with Crippen LogP contribution in [0.1, 0.15) is 0 Å². The van der Waals surface area contributed by atoms with Crippen molar-refractivity contribution in [2.75, 3.05) is 6.61 Å². The summed E-state index contributed by atoms with van der Waals surface area (Å²) in [6.45, 7) is -0.357. The van der Waals surface area contributed by atoms with E-state index in [4.69, 9.17) is 30.5 Å². The molecule has 2 unspecified atom stereocenters. The summed E-state index contributed by atoms with van der Waals surface area (Å²) in [7, 11) is -2.55. The summed E-state index contributed by atoms with van der Waals surface area (Å²) < 4.78 is 26.5. The quantitative estimate of drug-likeness (QED) is 0.352. The lowest BCUT2D eigenvalue weighted by atomic mass is 9.81. The molecule has 0 saturated carbocycles. The van der Waals surface area contributed by atoms with Crippen molar-refractivity contribution in [3.63, 3.8) is 0 Å². The molecule has 0 aromatic carbocycles. The molecule has 2 aliphatic rings. The number of phosphoric acid groups is 1. The van der Waals surface area contributed by atoms with Crippen LogP contribution in [0.4, 0.5) is 0 Å². The van der Waals surface area contributed by atoms with Gasteiger partial charge in [-0.05, 0) is 17.5 Å². The van der Waals surface area contributed by atoms with Gasteiger partial charge in [0.15, 0.2) is 5.60 Å². The first-order valence-corrected chi connectivity index (χ1v) is 6.43. The van der Waals surface area contributed by atoms with E-state index < -0.39 is 31.6 Å². The maximum Gasteiger partial charge on any atom is 0.474 e. The van der Waals surface area contributed by atoms with Crippen molar-refractivity contribution >= 4 is 27.3 Å². The van der Waals surface area contributed by atoms with Gasteiger partial charge in [-0.25, -0.2) is 4.57 Å². The zero-order valence-corrected chi connectivity index (χ0v) is 9.94. The molecule has 2 N–H and O–H groups in total. The zero-order chi connectivity index (χ0) is 12.0. The minimum absolute atomic E-state index is 0.357. The van der Waals surface area contributed by atoms with Crippen LogP contribution in [0, 0.1) is 11.3 Å². The topological polar surface area (TPSA) is 85.2 Å². The van der Waals surface area contributed by atoms with Crippen LogP contribution in [0.3, 0.4) is 0 Å². The molecule has 0 aliphatic carbocycles. The van der Waals surface area contributed by atoms with Crippen LogP contribution in [0.2, 0.25) is 0 Å². The van der Waals surface area contributed by atoms with Gasteiger partial charge >= 0.3 is 7.82 Å². The number of halogens is 1. The Labute approximate surface area is 97.9 Å². The molecule has 0 aromatic heterocycles. The van der Waals surface area contributed by atoms with E-state index in [1.807, 2.05) is 0 Å². The monoisotopic (exact) mass is 266 g/mol. The largest absolute Gasteiger partial charge is 0.474 e. The third kappa shape index (κ3) is 1.71. The van der Waals surface area contributed by atoms with Gasteiger partial charge in [0.1, 0.15) is 20.1 Å². The number of phosphoric ester groups is 1. The average Bonchev–Trinajstić information content (AvgIpc) is 2.58. The molecule has 0 spiro atoms. The standard InChI is InChI=1S/C7H9BClO6P/c8-6-7(1-2-9)5(4(3-10)13-6)14-16(11,12)15-7/h4-6,10H,3,8H2,(H,11,12)/t4-,5?,6-,7-/m1/s1. The first-order chi connectivity index (χ1) is 7.45. The van der Waals surface area contributed by atoms with Gasteiger partial charge in [-0.15, -0.1) is 0 Å². The lowest BCUT2D eigenvalue weighted by Gasteiger charge is -2.21. The second kappa shape index (κ2) is 4.00. The molecule has 16 heavy (non-hydrogen) atoms. The van der Waals surface area contributed by atoms with Crippen molar-refractivity contribution in [3.8, 4) is 11.3 Å². The number of aliphatic hydroxyl groups is 1. The van der Waals surface area contributed by atoms with Gasteiger partial charge in [-0.1, -0.05) is 0 Å². The highest BCUT2D eigenvalue weighted by atomic mass is 35.5. The number of hydrogen-bond acceptors (Lipinski definition) is 5. The SMILES string of the molecule is B[C@@H]1O[C@H](CO)C2OP(=O)(O)O[C@]21C#CCl. The fourth-order valence-corrected chi connectivity index (χ4v) is 3.43. The van der Waals surface area contributed by atoms with E-state index in [1.165, 1.54) is 0 Å². The van der Waals surface area contributed by atoms with Crippen molar-refractivity contribution < 1.29 is 28.3 Å². The van der Waals surface area contributed by atoms with Crippen LogP contribution in [-0.2, 0) is 18.3 Å². The fourth-order valence-electron chi connectivity index (χ4n) is 1.98. The first kappa shape index (κ1) is 12.4. The van der Waals surface area contributed by atoms with Gasteiger partial charge in [0, 0.05) is 5.38 Å². The molecular formula is C7H9BClO6P. The molecule has 2 rings (SSSR count). The molecule has 5 atom stereocenters. The number of fused-ring (bicyclic) bond motifs is 1. The van der Waals surface area contributed by atoms with Gasteiger partial charge in [0.2, 0.25) is 0 Å². The smallest absolute Gasteiger partial charge is 0.394 e. The van der Waals surface area contributed by atoms with E-state index >= 15 is 0 Å². The highest BCUT2D eigenvalue weighted by Gasteiger charge is 2.65. The molecule has 2 saturated heterocycles. The van der Waals surface area contributed by atoms with E-state index in [0.29, 0.717) is 0 Å². The lowest BCUT2D eigenvalue weighted by molar-refractivity contribution is -0.00473. The minimum Gasteiger partial charge on any atom is -0.394 e. The van der Waals surface area contributed by atoms with Crippen LogP contribution in [0.15, 0.2) is 0 Å². The van der Waals surface area contributed by atoms with Crippen LogP contribution in [0.5, 0.6) is 0 Å². The van der Waals surface area contributed by atoms with E-state index in [-0.39, 0.29) is 6.61 Å². The first-order valence-electron chi connectivity index (χ1n) is 4.56. The van der Waals surface area contributed by atoms with Gasteiger partial charge < -0.3 is 14.7 Å². The third-order valence-corrected chi connectivity index (χ3v) is 3.80. The third-order valence-electron chi connectivity index (χ3n) is 2.68. The lowest BCUT2D eigenvalue weighted by Crippen LogP contribution is -2.45. The second-order valence-corrected chi connectivity index (χ2v) is 5.12. The number of hydrogen-bond donors (Lipinski definition) is 2. The molecule has 2 fully saturated rings. The minimum atomic E-state index is -4.16. The molecule has 6 nitrogen and oxygen atoms in total. The van der Waals surface area contributed by atoms with Crippen LogP contribution in [-0.4, -0.2) is 48.3 Å². The summed E-state index contributed by atoms with van der Waals surface area (Å²) in [6.07, 6.45) is -1.68. The normalized spacial score (nSPS) is 50.8. The van der Waals surface area contributed by atoms with E-state index in [0.717, 1.165) is 0 Å². The number of ether oxygens (including phenoxy) is 1. The molecule has 88 valence electrons. The highest BCUT2D eigenvalue weighted by Crippen LogP contribution is 2.61. The van der Waals surface area contributed by atoms with E-state index in [2.05, 4.69) is 11.3 Å². The van der Waals surface area contributed by atoms with Crippen LogP contribution < -0.4 is 0 Å². The second-order valence-electron chi connectivity index (χ2n) is 3.60. The van der Waals surface area contributed by atoms with Crippen molar-refractivity contribution in [2.45, 2.75) is 23.8 Å². The van der Waals surface area contributed by atoms with Gasteiger partial charge in [0.25, 0.3) is 0 Å². The van der Waals surface area contributed by atoms with Crippen LogP contribution in [0.25, 0.3) is 0 Å². The molecule has 2 heterocycles. The maximum absolute atomic E-state index is 11.4. The summed E-state index contributed by atoms with van der Waals surface area (Å²) >= 11 is 5.31. The predicted octanol–water partition coefficient (Wildman–Crippen LogP) is -1.21. The molecule has 0 amide bonds. The van der Waals surface area contributed by atoms with Crippen LogP contribution >= 0.6 is 19.4 Å². The van der Waals surface area contributed by atoms with Gasteiger partial charge in [-0.2, -0.15) is 0 Å². The summed E-state index contributed by atoms with van der Waals surface area (Å²) in [5, 5.41) is 11.2. The Balaban J connectivity index is 2.42. The highest BCUT2D eigenvalue weighted by molar-refractivity contribution is 7.47. The molecule has 9 heteroatoms. The molecule has 2 aliphatic heterocycles. The Bertz CT molecular complexity index is 407. The summed E-state index contributed by atoms with van der Waals surface area (Å²) in [5.74, 6) is 2.49. The predicted molar refractivity (Wildman–Crippen MR) is 56.4 cm³/mol. The number of aliphatic hydroxyl groups excluding tert-OH is 1. The number of rotatable bonds is 1. The van der Waals surface area contributed by atoms with Crippen molar-refractivity contribution in [2.24, 2.45) is 0 Å².